The summed E-state index contributed by atoms with van der Waals surface area (Å²) in [6.07, 6.45) is 1.14. The first-order valence-corrected chi connectivity index (χ1v) is 8.91. The molecular weight excluding hydrogens is 362 g/mol. The van der Waals surface area contributed by atoms with Crippen molar-refractivity contribution >= 4 is 11.7 Å². The lowest BCUT2D eigenvalue weighted by molar-refractivity contribution is -0.0257. The number of carbonyl (C=O) groups excluding carboxylic acids is 1. The molecule has 1 saturated heterocycles. The van der Waals surface area contributed by atoms with Gasteiger partial charge in [0.25, 0.3) is 11.7 Å². The van der Waals surface area contributed by atoms with Crippen molar-refractivity contribution in [1.82, 2.24) is 24.5 Å². The molecule has 2 aromatic heterocycles. The Bertz CT molecular complexity index is 1020. The smallest absolute Gasteiger partial charge is 0.254 e. The van der Waals surface area contributed by atoms with E-state index in [1.165, 1.54) is 6.33 Å². The number of aromatic nitrogens is 4. The second kappa shape index (κ2) is 7.43. The summed E-state index contributed by atoms with van der Waals surface area (Å²) in [4.78, 5) is 23.3. The van der Waals surface area contributed by atoms with Crippen molar-refractivity contribution in [3.8, 4) is 11.5 Å². The van der Waals surface area contributed by atoms with Crippen molar-refractivity contribution in [2.45, 2.75) is 13.0 Å². The third-order valence-electron chi connectivity index (χ3n) is 4.72. The summed E-state index contributed by atoms with van der Waals surface area (Å²) in [5, 5.41) is 4.23. The molecule has 9 heteroatoms. The summed E-state index contributed by atoms with van der Waals surface area (Å²) in [6.45, 7) is 3.24. The van der Waals surface area contributed by atoms with Gasteiger partial charge in [0.05, 0.1) is 33.1 Å². The largest absolute Gasteiger partial charge is 0.493 e. The van der Waals surface area contributed by atoms with E-state index in [-0.39, 0.29) is 12.0 Å². The lowest BCUT2D eigenvalue weighted by Crippen LogP contribution is -2.42. The Labute approximate surface area is 161 Å². The fraction of sp³-hybridized carbons (Fsp3) is 0.368. The number of morpholine rings is 1. The predicted octanol–water partition coefficient (Wildman–Crippen LogP) is 1.66. The number of hydrogen-bond acceptors (Lipinski definition) is 7. The zero-order valence-corrected chi connectivity index (χ0v) is 16.0. The molecule has 0 saturated carbocycles. The van der Waals surface area contributed by atoms with Gasteiger partial charge in [0.15, 0.2) is 11.5 Å². The van der Waals surface area contributed by atoms with Crippen LogP contribution in [0, 0.1) is 6.92 Å². The van der Waals surface area contributed by atoms with Gasteiger partial charge >= 0.3 is 0 Å². The highest BCUT2D eigenvalue weighted by atomic mass is 16.5. The number of amides is 1. The number of fused-ring (bicyclic) bond motifs is 1. The van der Waals surface area contributed by atoms with Crippen LogP contribution < -0.4 is 9.47 Å². The van der Waals surface area contributed by atoms with E-state index in [2.05, 4.69) is 15.1 Å². The van der Waals surface area contributed by atoms with Crippen LogP contribution in [-0.4, -0.2) is 64.3 Å². The van der Waals surface area contributed by atoms with Crippen molar-refractivity contribution in [2.24, 2.45) is 0 Å². The molecule has 0 aliphatic carbocycles. The lowest BCUT2D eigenvalue weighted by atomic mass is 10.1. The fourth-order valence-corrected chi connectivity index (χ4v) is 3.35. The molecule has 1 aliphatic heterocycles. The molecule has 0 bridgehead atoms. The normalized spacial score (nSPS) is 17.0. The van der Waals surface area contributed by atoms with Crippen molar-refractivity contribution < 1.29 is 19.0 Å². The Kier molecular flexibility index (Phi) is 4.82. The molecule has 9 nitrogen and oxygen atoms in total. The Hall–Kier alpha value is -3.20. The summed E-state index contributed by atoms with van der Waals surface area (Å²) in [7, 11) is 3.11. The average molecular weight is 383 g/mol. The first-order valence-electron chi connectivity index (χ1n) is 8.91. The zero-order chi connectivity index (χ0) is 19.7. The van der Waals surface area contributed by atoms with Gasteiger partial charge in [0.2, 0.25) is 0 Å². The molecule has 0 radical (unpaired) electrons. The minimum atomic E-state index is -0.316. The number of hydrogen-bond donors (Lipinski definition) is 0. The molecule has 1 aromatic carbocycles. The molecule has 0 spiro atoms. The van der Waals surface area contributed by atoms with E-state index < -0.39 is 0 Å². The van der Waals surface area contributed by atoms with E-state index in [1.807, 2.05) is 13.0 Å². The van der Waals surface area contributed by atoms with Crippen LogP contribution in [0.15, 0.2) is 30.6 Å². The first-order chi connectivity index (χ1) is 13.6. The molecule has 0 N–H and O–H groups in total. The first kappa shape index (κ1) is 18.2. The van der Waals surface area contributed by atoms with Crippen LogP contribution in [-0.2, 0) is 4.74 Å². The summed E-state index contributed by atoms with van der Waals surface area (Å²) >= 11 is 0. The van der Waals surface area contributed by atoms with Crippen LogP contribution in [0.5, 0.6) is 11.5 Å². The second-order valence-corrected chi connectivity index (χ2v) is 6.47. The summed E-state index contributed by atoms with van der Waals surface area (Å²) in [6, 6.07) is 7.07. The third kappa shape index (κ3) is 3.24. The number of methoxy groups -OCH3 is 2. The van der Waals surface area contributed by atoms with Gasteiger partial charge in [-0.25, -0.2) is 4.98 Å². The van der Waals surface area contributed by atoms with E-state index in [4.69, 9.17) is 14.2 Å². The van der Waals surface area contributed by atoms with E-state index in [0.717, 1.165) is 11.4 Å². The molecule has 3 aromatic rings. The number of benzene rings is 1. The van der Waals surface area contributed by atoms with E-state index >= 15 is 0 Å². The van der Waals surface area contributed by atoms with Crippen molar-refractivity contribution in [2.75, 3.05) is 33.9 Å². The minimum absolute atomic E-state index is 0.0881. The average Bonchev–Trinajstić information content (AvgIpc) is 3.20. The highest BCUT2D eigenvalue weighted by Crippen LogP contribution is 2.29. The lowest BCUT2D eigenvalue weighted by Gasteiger charge is -2.33. The second-order valence-electron chi connectivity index (χ2n) is 6.47. The maximum Gasteiger partial charge on any atom is 0.254 e. The highest BCUT2D eigenvalue weighted by molar-refractivity contribution is 5.95. The van der Waals surface area contributed by atoms with Gasteiger partial charge in [0, 0.05) is 17.8 Å². The molecule has 3 heterocycles. The molecule has 1 unspecified atom stereocenters. The fourth-order valence-electron chi connectivity index (χ4n) is 3.35. The quantitative estimate of drug-likeness (QED) is 0.677. The number of rotatable bonds is 4. The zero-order valence-electron chi connectivity index (χ0n) is 16.0. The van der Waals surface area contributed by atoms with Gasteiger partial charge < -0.3 is 19.1 Å². The van der Waals surface area contributed by atoms with Gasteiger partial charge in [-0.2, -0.15) is 14.6 Å². The number of aryl methyl sites for hydroxylation is 1. The molecule has 28 heavy (non-hydrogen) atoms. The molecule has 1 atom stereocenters. The summed E-state index contributed by atoms with van der Waals surface area (Å²) < 4.78 is 18.1. The van der Waals surface area contributed by atoms with E-state index in [9.17, 15) is 4.79 Å². The summed E-state index contributed by atoms with van der Waals surface area (Å²) in [5.41, 5.74) is 2.18. The number of ether oxygens (including phenoxy) is 3. The van der Waals surface area contributed by atoms with E-state index in [0.29, 0.717) is 42.5 Å². The predicted molar refractivity (Wildman–Crippen MR) is 99.7 cm³/mol. The van der Waals surface area contributed by atoms with Gasteiger partial charge in [-0.3, -0.25) is 4.79 Å². The standard InChI is InChI=1S/C19H21N5O4/c1-12-8-14(24-19(22-12)20-11-21-24)17-10-23(6-7-28-17)18(25)13-4-5-15(26-2)16(9-13)27-3/h4-5,8-9,11,17H,6-7,10H2,1-3H3. The SMILES string of the molecule is COc1ccc(C(=O)N2CCOC(c3cc(C)nc4ncnn34)C2)cc1OC. The molecule has 4 rings (SSSR count). The van der Waals surface area contributed by atoms with Gasteiger partial charge in [0.1, 0.15) is 12.4 Å². The van der Waals surface area contributed by atoms with Crippen molar-refractivity contribution in [1.29, 1.82) is 0 Å². The molecular formula is C19H21N5O4. The maximum absolute atomic E-state index is 13.1. The molecule has 1 amide bonds. The van der Waals surface area contributed by atoms with Crippen LogP contribution in [0.3, 0.4) is 0 Å². The molecule has 1 aliphatic rings. The number of nitrogens with zero attached hydrogens (tertiary/aromatic N) is 5. The Morgan fingerprint density at radius 1 is 1.21 bits per heavy atom. The molecule has 1 fully saturated rings. The topological polar surface area (TPSA) is 91.1 Å². The Morgan fingerprint density at radius 3 is 2.82 bits per heavy atom. The van der Waals surface area contributed by atoms with Crippen molar-refractivity contribution in [3.63, 3.8) is 0 Å². The minimum Gasteiger partial charge on any atom is -0.493 e. The monoisotopic (exact) mass is 383 g/mol. The number of carbonyl (C=O) groups is 1. The van der Waals surface area contributed by atoms with Crippen LogP contribution >= 0.6 is 0 Å². The van der Waals surface area contributed by atoms with Crippen LogP contribution in [0.2, 0.25) is 0 Å². The Balaban J connectivity index is 1.60. The Morgan fingerprint density at radius 2 is 2.04 bits per heavy atom. The summed E-state index contributed by atoms with van der Waals surface area (Å²) in [5.74, 6) is 1.53. The van der Waals surface area contributed by atoms with Gasteiger partial charge in [-0.05, 0) is 31.2 Å². The maximum atomic E-state index is 13.1. The van der Waals surface area contributed by atoms with Crippen LogP contribution in [0.25, 0.3) is 5.78 Å². The van der Waals surface area contributed by atoms with Gasteiger partial charge in [-0.1, -0.05) is 0 Å². The van der Waals surface area contributed by atoms with Gasteiger partial charge in [-0.15, -0.1) is 0 Å². The van der Waals surface area contributed by atoms with Crippen LogP contribution in [0.1, 0.15) is 27.8 Å². The molecule has 146 valence electrons. The van der Waals surface area contributed by atoms with Crippen LogP contribution in [0.4, 0.5) is 0 Å². The van der Waals surface area contributed by atoms with Crippen molar-refractivity contribution in [3.05, 3.63) is 47.5 Å². The highest BCUT2D eigenvalue weighted by Gasteiger charge is 2.29. The van der Waals surface area contributed by atoms with E-state index in [1.54, 1.807) is 41.8 Å². The third-order valence-corrected chi connectivity index (χ3v) is 4.72.